The summed E-state index contributed by atoms with van der Waals surface area (Å²) in [4.78, 5) is 22.6. The monoisotopic (exact) mass is 316 g/mol. The maximum absolute atomic E-state index is 12.9. The molecule has 1 N–H and O–H groups in total. The maximum Gasteiger partial charge on any atom is 0.270 e. The van der Waals surface area contributed by atoms with Gasteiger partial charge in [-0.05, 0) is 30.2 Å². The molecule has 0 fully saturated rings. The van der Waals surface area contributed by atoms with Crippen molar-refractivity contribution in [2.45, 2.75) is 26.3 Å². The SMILES string of the molecule is CCCCN(C)c1nccc(C(=O)NCc2ccc(F)cc2)n1. The molecule has 1 aromatic heterocycles. The highest BCUT2D eigenvalue weighted by atomic mass is 19.1. The van der Waals surface area contributed by atoms with Gasteiger partial charge in [-0.2, -0.15) is 0 Å². The van der Waals surface area contributed by atoms with Crippen molar-refractivity contribution in [3.63, 3.8) is 0 Å². The molecule has 0 aliphatic heterocycles. The Bertz CT molecular complexity index is 645. The van der Waals surface area contributed by atoms with Crippen LogP contribution in [0, 0.1) is 5.82 Å². The van der Waals surface area contributed by atoms with Gasteiger partial charge in [-0.25, -0.2) is 14.4 Å². The number of benzene rings is 1. The van der Waals surface area contributed by atoms with Gasteiger partial charge in [0, 0.05) is 26.3 Å². The van der Waals surface area contributed by atoms with Gasteiger partial charge < -0.3 is 10.2 Å². The van der Waals surface area contributed by atoms with E-state index in [2.05, 4.69) is 22.2 Å². The fraction of sp³-hybridized carbons (Fsp3) is 0.353. The van der Waals surface area contributed by atoms with Gasteiger partial charge in [-0.1, -0.05) is 25.5 Å². The zero-order valence-electron chi connectivity index (χ0n) is 13.4. The molecule has 0 bridgehead atoms. The number of rotatable bonds is 7. The molecule has 0 saturated heterocycles. The number of carbonyl (C=O) groups excluding carboxylic acids is 1. The summed E-state index contributed by atoms with van der Waals surface area (Å²) in [5, 5.41) is 2.77. The van der Waals surface area contributed by atoms with E-state index in [9.17, 15) is 9.18 Å². The van der Waals surface area contributed by atoms with Crippen molar-refractivity contribution < 1.29 is 9.18 Å². The minimum absolute atomic E-state index is 0.276. The molecule has 0 spiro atoms. The summed E-state index contributed by atoms with van der Waals surface area (Å²) in [5.74, 6) is -0.0367. The van der Waals surface area contributed by atoms with Crippen molar-refractivity contribution >= 4 is 11.9 Å². The molecule has 1 heterocycles. The highest BCUT2D eigenvalue weighted by Gasteiger charge is 2.10. The number of anilines is 1. The van der Waals surface area contributed by atoms with Crippen LogP contribution in [0.1, 0.15) is 35.8 Å². The molecular formula is C17H21FN4O. The smallest absolute Gasteiger partial charge is 0.270 e. The Morgan fingerprint density at radius 1 is 1.26 bits per heavy atom. The number of hydrogen-bond donors (Lipinski definition) is 1. The van der Waals surface area contributed by atoms with Crippen LogP contribution in [-0.4, -0.2) is 29.5 Å². The Balaban J connectivity index is 1.97. The minimum atomic E-state index is -0.296. The van der Waals surface area contributed by atoms with Gasteiger partial charge in [0.05, 0.1) is 0 Å². The van der Waals surface area contributed by atoms with Crippen LogP contribution in [0.2, 0.25) is 0 Å². The highest BCUT2D eigenvalue weighted by molar-refractivity contribution is 5.92. The van der Waals surface area contributed by atoms with Crippen LogP contribution in [-0.2, 0) is 6.54 Å². The Labute approximate surface area is 135 Å². The lowest BCUT2D eigenvalue weighted by Gasteiger charge is -2.16. The average Bonchev–Trinajstić information content (AvgIpc) is 2.59. The summed E-state index contributed by atoms with van der Waals surface area (Å²) in [7, 11) is 1.91. The summed E-state index contributed by atoms with van der Waals surface area (Å²) in [6.07, 6.45) is 3.71. The van der Waals surface area contributed by atoms with Crippen LogP contribution in [0.25, 0.3) is 0 Å². The average molecular weight is 316 g/mol. The molecule has 1 amide bonds. The number of carbonyl (C=O) groups is 1. The Hall–Kier alpha value is -2.50. The topological polar surface area (TPSA) is 58.1 Å². The third-order valence-corrected chi connectivity index (χ3v) is 3.43. The molecule has 0 saturated carbocycles. The molecule has 122 valence electrons. The van der Waals surface area contributed by atoms with Gasteiger partial charge in [0.15, 0.2) is 0 Å². The van der Waals surface area contributed by atoms with Crippen LogP contribution in [0.5, 0.6) is 0 Å². The van der Waals surface area contributed by atoms with E-state index >= 15 is 0 Å². The van der Waals surface area contributed by atoms with Gasteiger partial charge in [0.25, 0.3) is 5.91 Å². The van der Waals surface area contributed by atoms with Gasteiger partial charge in [-0.15, -0.1) is 0 Å². The number of unbranched alkanes of at least 4 members (excludes halogenated alkanes) is 1. The van der Waals surface area contributed by atoms with E-state index in [1.54, 1.807) is 24.4 Å². The molecule has 0 unspecified atom stereocenters. The zero-order valence-corrected chi connectivity index (χ0v) is 13.4. The van der Waals surface area contributed by atoms with E-state index in [0.717, 1.165) is 24.9 Å². The predicted octanol–water partition coefficient (Wildman–Crippen LogP) is 2.78. The molecular weight excluding hydrogens is 295 g/mol. The molecule has 5 nitrogen and oxygen atoms in total. The number of nitrogens with one attached hydrogen (secondary N) is 1. The summed E-state index contributed by atoms with van der Waals surface area (Å²) in [5.41, 5.74) is 1.15. The Kier molecular flexibility index (Phi) is 6.02. The number of aromatic nitrogens is 2. The third kappa shape index (κ3) is 5.02. The molecule has 0 aliphatic rings. The predicted molar refractivity (Wildman–Crippen MR) is 87.8 cm³/mol. The standard InChI is InChI=1S/C17H21FN4O/c1-3-4-11-22(2)17-19-10-9-15(21-17)16(23)20-12-13-5-7-14(18)8-6-13/h5-10H,3-4,11-12H2,1-2H3,(H,20,23). The maximum atomic E-state index is 12.9. The van der Waals surface area contributed by atoms with Crippen molar-refractivity contribution in [3.8, 4) is 0 Å². The minimum Gasteiger partial charge on any atom is -0.347 e. The first kappa shape index (κ1) is 16.9. The van der Waals surface area contributed by atoms with E-state index < -0.39 is 0 Å². The van der Waals surface area contributed by atoms with Crippen molar-refractivity contribution in [1.29, 1.82) is 0 Å². The number of amides is 1. The number of nitrogens with zero attached hydrogens (tertiary/aromatic N) is 3. The quantitative estimate of drug-likeness (QED) is 0.853. The van der Waals surface area contributed by atoms with Crippen LogP contribution >= 0.6 is 0 Å². The van der Waals surface area contributed by atoms with Crippen molar-refractivity contribution in [2.24, 2.45) is 0 Å². The molecule has 1 aromatic carbocycles. The van der Waals surface area contributed by atoms with Crippen molar-refractivity contribution in [3.05, 3.63) is 53.6 Å². The van der Waals surface area contributed by atoms with Crippen molar-refractivity contribution in [2.75, 3.05) is 18.5 Å². The molecule has 6 heteroatoms. The lowest BCUT2D eigenvalue weighted by molar-refractivity contribution is 0.0946. The summed E-state index contributed by atoms with van der Waals surface area (Å²) in [6, 6.07) is 7.59. The van der Waals surface area contributed by atoms with Crippen LogP contribution in [0.15, 0.2) is 36.5 Å². The summed E-state index contributed by atoms with van der Waals surface area (Å²) in [6.45, 7) is 3.29. The number of hydrogen-bond acceptors (Lipinski definition) is 4. The molecule has 0 aliphatic carbocycles. The second-order valence-corrected chi connectivity index (χ2v) is 5.33. The van der Waals surface area contributed by atoms with Gasteiger partial charge >= 0.3 is 0 Å². The highest BCUT2D eigenvalue weighted by Crippen LogP contribution is 2.07. The summed E-state index contributed by atoms with van der Waals surface area (Å²) >= 11 is 0. The van der Waals surface area contributed by atoms with Crippen molar-refractivity contribution in [1.82, 2.24) is 15.3 Å². The lowest BCUT2D eigenvalue weighted by Crippen LogP contribution is -2.26. The summed E-state index contributed by atoms with van der Waals surface area (Å²) < 4.78 is 12.9. The fourth-order valence-electron chi connectivity index (χ4n) is 2.03. The molecule has 2 rings (SSSR count). The van der Waals surface area contributed by atoms with Gasteiger partial charge in [0.1, 0.15) is 11.5 Å². The zero-order chi connectivity index (χ0) is 16.7. The molecule has 0 radical (unpaired) electrons. The largest absolute Gasteiger partial charge is 0.347 e. The lowest BCUT2D eigenvalue weighted by atomic mass is 10.2. The normalized spacial score (nSPS) is 10.4. The first-order chi connectivity index (χ1) is 11.1. The second-order valence-electron chi connectivity index (χ2n) is 5.33. The first-order valence-corrected chi connectivity index (χ1v) is 7.67. The Morgan fingerprint density at radius 3 is 2.70 bits per heavy atom. The molecule has 2 aromatic rings. The first-order valence-electron chi connectivity index (χ1n) is 7.67. The molecule has 0 atom stereocenters. The fourth-order valence-corrected chi connectivity index (χ4v) is 2.03. The Morgan fingerprint density at radius 2 is 2.00 bits per heavy atom. The van der Waals surface area contributed by atoms with E-state index in [0.29, 0.717) is 18.2 Å². The second kappa shape index (κ2) is 8.22. The van der Waals surface area contributed by atoms with E-state index in [1.807, 2.05) is 11.9 Å². The van der Waals surface area contributed by atoms with E-state index in [4.69, 9.17) is 0 Å². The van der Waals surface area contributed by atoms with Crippen LogP contribution < -0.4 is 10.2 Å². The van der Waals surface area contributed by atoms with Gasteiger partial charge in [0.2, 0.25) is 5.95 Å². The van der Waals surface area contributed by atoms with Gasteiger partial charge in [-0.3, -0.25) is 4.79 Å². The van der Waals surface area contributed by atoms with Crippen LogP contribution in [0.3, 0.4) is 0 Å². The third-order valence-electron chi connectivity index (χ3n) is 3.43. The van der Waals surface area contributed by atoms with E-state index in [1.165, 1.54) is 12.1 Å². The number of halogens is 1. The van der Waals surface area contributed by atoms with E-state index in [-0.39, 0.29) is 11.7 Å². The molecule has 23 heavy (non-hydrogen) atoms. The van der Waals surface area contributed by atoms with Crippen LogP contribution in [0.4, 0.5) is 10.3 Å².